The van der Waals surface area contributed by atoms with Gasteiger partial charge >= 0.3 is 0 Å². The van der Waals surface area contributed by atoms with Gasteiger partial charge in [-0.1, -0.05) is 13.8 Å². The minimum absolute atomic E-state index is 0.0316. The molecule has 0 atom stereocenters. The Balaban J connectivity index is 1.58. The largest absolute Gasteiger partial charge is 0.372 e. The number of amides is 1. The summed E-state index contributed by atoms with van der Waals surface area (Å²) in [5.74, 6) is 1.39. The SMILES string of the molecule is CCC(=O)Nc1ccc(Nc2ccc(N3CCC(C)CC3)cc2)cn1. The van der Waals surface area contributed by atoms with Gasteiger partial charge in [-0.3, -0.25) is 4.79 Å². The second kappa shape index (κ2) is 8.01. The Morgan fingerprint density at radius 1 is 1.12 bits per heavy atom. The Kier molecular flexibility index (Phi) is 5.53. The van der Waals surface area contributed by atoms with E-state index in [2.05, 4.69) is 51.7 Å². The van der Waals surface area contributed by atoms with E-state index >= 15 is 0 Å². The van der Waals surface area contributed by atoms with Crippen LogP contribution in [0.4, 0.5) is 22.9 Å². The smallest absolute Gasteiger partial charge is 0.225 e. The molecule has 0 radical (unpaired) electrons. The number of nitrogens with one attached hydrogen (secondary N) is 2. The van der Waals surface area contributed by atoms with Crippen LogP contribution in [0.1, 0.15) is 33.1 Å². The van der Waals surface area contributed by atoms with Crippen LogP contribution in [0.25, 0.3) is 0 Å². The molecule has 2 aromatic rings. The van der Waals surface area contributed by atoms with Crippen LogP contribution in [0.2, 0.25) is 0 Å². The lowest BCUT2D eigenvalue weighted by molar-refractivity contribution is -0.115. The van der Waals surface area contributed by atoms with Gasteiger partial charge in [-0.25, -0.2) is 4.98 Å². The van der Waals surface area contributed by atoms with Crippen LogP contribution in [-0.2, 0) is 4.79 Å². The van der Waals surface area contributed by atoms with E-state index in [4.69, 9.17) is 0 Å². The predicted molar refractivity (Wildman–Crippen MR) is 103 cm³/mol. The summed E-state index contributed by atoms with van der Waals surface area (Å²) in [6, 6.07) is 12.3. The minimum Gasteiger partial charge on any atom is -0.372 e. The topological polar surface area (TPSA) is 57.3 Å². The van der Waals surface area contributed by atoms with E-state index in [0.29, 0.717) is 12.2 Å². The van der Waals surface area contributed by atoms with Crippen molar-refractivity contribution >= 4 is 28.8 Å². The zero-order valence-electron chi connectivity index (χ0n) is 15.0. The average molecular weight is 338 g/mol. The van der Waals surface area contributed by atoms with Crippen LogP contribution < -0.4 is 15.5 Å². The average Bonchev–Trinajstić information content (AvgIpc) is 2.64. The summed E-state index contributed by atoms with van der Waals surface area (Å²) in [6.45, 7) is 6.43. The molecule has 0 unspecified atom stereocenters. The van der Waals surface area contributed by atoms with E-state index in [1.54, 1.807) is 12.3 Å². The summed E-state index contributed by atoms with van der Waals surface area (Å²) in [5, 5.41) is 6.09. The number of piperidine rings is 1. The molecule has 1 aromatic carbocycles. The molecule has 5 heteroatoms. The van der Waals surface area contributed by atoms with Crippen molar-refractivity contribution in [3.63, 3.8) is 0 Å². The summed E-state index contributed by atoms with van der Waals surface area (Å²) in [6.07, 6.45) is 4.72. The summed E-state index contributed by atoms with van der Waals surface area (Å²) in [7, 11) is 0. The molecule has 1 aromatic heterocycles. The van der Waals surface area contributed by atoms with Crippen molar-refractivity contribution in [2.45, 2.75) is 33.1 Å². The van der Waals surface area contributed by atoms with E-state index in [1.807, 2.05) is 13.0 Å². The van der Waals surface area contributed by atoms with Crippen LogP contribution in [0.3, 0.4) is 0 Å². The fourth-order valence-electron chi connectivity index (χ4n) is 2.96. The molecule has 1 amide bonds. The second-order valence-corrected chi connectivity index (χ2v) is 6.68. The number of hydrogen-bond donors (Lipinski definition) is 2. The number of anilines is 4. The summed E-state index contributed by atoms with van der Waals surface area (Å²) in [5.41, 5.74) is 3.21. The number of benzene rings is 1. The maximum Gasteiger partial charge on any atom is 0.225 e. The second-order valence-electron chi connectivity index (χ2n) is 6.68. The highest BCUT2D eigenvalue weighted by Gasteiger charge is 2.15. The first kappa shape index (κ1) is 17.3. The van der Waals surface area contributed by atoms with Crippen molar-refractivity contribution in [1.82, 2.24) is 4.98 Å². The molecular formula is C20H26N4O. The van der Waals surface area contributed by atoms with Crippen molar-refractivity contribution in [3.8, 4) is 0 Å². The molecule has 3 rings (SSSR count). The van der Waals surface area contributed by atoms with Crippen molar-refractivity contribution < 1.29 is 4.79 Å². The fraction of sp³-hybridized carbons (Fsp3) is 0.400. The van der Waals surface area contributed by atoms with Crippen molar-refractivity contribution in [2.75, 3.05) is 28.6 Å². The summed E-state index contributed by atoms with van der Waals surface area (Å²) in [4.78, 5) is 18.1. The fourth-order valence-corrected chi connectivity index (χ4v) is 2.96. The molecule has 0 saturated carbocycles. The number of pyridine rings is 1. The third-order valence-electron chi connectivity index (χ3n) is 4.66. The lowest BCUT2D eigenvalue weighted by Crippen LogP contribution is -2.32. The molecule has 5 nitrogen and oxygen atoms in total. The number of carbonyl (C=O) groups excluding carboxylic acids is 1. The van der Waals surface area contributed by atoms with E-state index in [0.717, 1.165) is 30.4 Å². The maximum atomic E-state index is 11.4. The van der Waals surface area contributed by atoms with Crippen molar-refractivity contribution in [2.24, 2.45) is 5.92 Å². The molecule has 1 saturated heterocycles. The number of rotatable bonds is 5. The first-order chi connectivity index (χ1) is 12.1. The third-order valence-corrected chi connectivity index (χ3v) is 4.66. The van der Waals surface area contributed by atoms with Crippen molar-refractivity contribution in [3.05, 3.63) is 42.6 Å². The zero-order chi connectivity index (χ0) is 17.6. The van der Waals surface area contributed by atoms with Crippen molar-refractivity contribution in [1.29, 1.82) is 0 Å². The van der Waals surface area contributed by atoms with Crippen LogP contribution in [0, 0.1) is 5.92 Å². The summed E-state index contributed by atoms with van der Waals surface area (Å²) >= 11 is 0. The molecular weight excluding hydrogens is 312 g/mol. The molecule has 1 aliphatic heterocycles. The van der Waals surface area contributed by atoms with E-state index in [-0.39, 0.29) is 5.91 Å². The maximum absolute atomic E-state index is 11.4. The monoisotopic (exact) mass is 338 g/mol. The highest BCUT2D eigenvalue weighted by molar-refractivity contribution is 5.89. The Labute approximate surface area is 149 Å². The van der Waals surface area contributed by atoms with E-state index < -0.39 is 0 Å². The van der Waals surface area contributed by atoms with E-state index in [1.165, 1.54) is 18.5 Å². The van der Waals surface area contributed by atoms with Crippen LogP contribution in [0.5, 0.6) is 0 Å². The number of hydrogen-bond acceptors (Lipinski definition) is 4. The van der Waals surface area contributed by atoms with Gasteiger partial charge in [0.25, 0.3) is 0 Å². The lowest BCUT2D eigenvalue weighted by Gasteiger charge is -2.32. The van der Waals surface area contributed by atoms with Crippen LogP contribution in [0.15, 0.2) is 42.6 Å². The highest BCUT2D eigenvalue weighted by Crippen LogP contribution is 2.25. The molecule has 0 spiro atoms. The standard InChI is InChI=1S/C20H26N4O/c1-3-20(25)23-19-9-6-17(14-21-19)22-16-4-7-18(8-5-16)24-12-10-15(2)11-13-24/h4-9,14-15,22H,3,10-13H2,1-2H3,(H,21,23,25). The van der Waals surface area contributed by atoms with Gasteiger partial charge in [0.15, 0.2) is 0 Å². The molecule has 0 bridgehead atoms. The van der Waals surface area contributed by atoms with Crippen LogP contribution >= 0.6 is 0 Å². The molecule has 132 valence electrons. The molecule has 0 aliphatic carbocycles. The van der Waals surface area contributed by atoms with Gasteiger partial charge < -0.3 is 15.5 Å². The normalized spacial score (nSPS) is 15.0. The third kappa shape index (κ3) is 4.72. The van der Waals surface area contributed by atoms with Gasteiger partial charge in [0.05, 0.1) is 11.9 Å². The quantitative estimate of drug-likeness (QED) is 0.848. The molecule has 1 fully saturated rings. The zero-order valence-corrected chi connectivity index (χ0v) is 15.0. The van der Waals surface area contributed by atoms with Gasteiger partial charge in [-0.2, -0.15) is 0 Å². The van der Waals surface area contributed by atoms with Gasteiger partial charge in [0.1, 0.15) is 5.82 Å². The summed E-state index contributed by atoms with van der Waals surface area (Å²) < 4.78 is 0. The molecule has 2 heterocycles. The Hall–Kier alpha value is -2.56. The van der Waals surface area contributed by atoms with Crippen LogP contribution in [-0.4, -0.2) is 24.0 Å². The Bertz CT molecular complexity index is 689. The van der Waals surface area contributed by atoms with Gasteiger partial charge in [-0.05, 0) is 55.2 Å². The van der Waals surface area contributed by atoms with Gasteiger partial charge in [0, 0.05) is 30.9 Å². The predicted octanol–water partition coefficient (Wildman–Crippen LogP) is 4.41. The minimum atomic E-state index is -0.0316. The van der Waals surface area contributed by atoms with E-state index in [9.17, 15) is 4.79 Å². The molecule has 2 N–H and O–H groups in total. The number of carbonyl (C=O) groups is 1. The molecule has 25 heavy (non-hydrogen) atoms. The Morgan fingerprint density at radius 3 is 2.40 bits per heavy atom. The first-order valence-electron chi connectivity index (χ1n) is 9.02. The number of aromatic nitrogens is 1. The van der Waals surface area contributed by atoms with Gasteiger partial charge in [-0.15, -0.1) is 0 Å². The van der Waals surface area contributed by atoms with Gasteiger partial charge in [0.2, 0.25) is 5.91 Å². The highest BCUT2D eigenvalue weighted by atomic mass is 16.1. The number of nitrogens with zero attached hydrogens (tertiary/aromatic N) is 2. The lowest BCUT2D eigenvalue weighted by atomic mass is 9.99. The Morgan fingerprint density at radius 2 is 1.80 bits per heavy atom. The molecule has 1 aliphatic rings. The first-order valence-corrected chi connectivity index (χ1v) is 9.02.